The maximum absolute atomic E-state index is 11.8. The van der Waals surface area contributed by atoms with Gasteiger partial charge in [-0.25, -0.2) is 4.79 Å². The molecule has 3 rings (SSSR count). The van der Waals surface area contributed by atoms with E-state index >= 15 is 0 Å². The smallest absolute Gasteiger partial charge is 0.335 e. The number of esters is 1. The van der Waals surface area contributed by atoms with Gasteiger partial charge in [-0.05, 0) is 24.8 Å². The molecular formula is C17H20O3. The molecule has 1 aliphatic heterocycles. The number of allylic oxidation sites excluding steroid dienone is 1. The summed E-state index contributed by atoms with van der Waals surface area (Å²) in [5.41, 5.74) is 2.52. The van der Waals surface area contributed by atoms with Gasteiger partial charge in [0.05, 0.1) is 13.2 Å². The van der Waals surface area contributed by atoms with E-state index in [4.69, 9.17) is 9.47 Å². The fourth-order valence-corrected chi connectivity index (χ4v) is 3.30. The first kappa shape index (κ1) is 13.4. The second kappa shape index (κ2) is 5.80. The zero-order valence-electron chi connectivity index (χ0n) is 11.7. The third kappa shape index (κ3) is 2.50. The zero-order chi connectivity index (χ0) is 13.9. The molecule has 1 aromatic carbocycles. The summed E-state index contributed by atoms with van der Waals surface area (Å²) in [5, 5.41) is 0. The summed E-state index contributed by atoms with van der Waals surface area (Å²) in [5.74, 6) is 0.142. The Bertz CT molecular complexity index is 506. The van der Waals surface area contributed by atoms with Gasteiger partial charge in [-0.3, -0.25) is 0 Å². The van der Waals surface area contributed by atoms with Crippen molar-refractivity contribution in [1.82, 2.24) is 0 Å². The number of hydrogen-bond acceptors (Lipinski definition) is 3. The first-order valence-corrected chi connectivity index (χ1v) is 7.26. The fraction of sp³-hybridized carbons (Fsp3) is 0.471. The molecule has 3 atom stereocenters. The van der Waals surface area contributed by atoms with Crippen molar-refractivity contribution in [1.29, 1.82) is 0 Å². The van der Waals surface area contributed by atoms with Gasteiger partial charge in [0.1, 0.15) is 0 Å². The molecule has 3 heteroatoms. The van der Waals surface area contributed by atoms with Crippen LogP contribution < -0.4 is 0 Å². The second-order valence-corrected chi connectivity index (χ2v) is 5.50. The average Bonchev–Trinajstić information content (AvgIpc) is 2.54. The molecule has 0 saturated carbocycles. The number of methoxy groups -OCH3 is 1. The van der Waals surface area contributed by atoms with Crippen LogP contribution in [0.15, 0.2) is 42.0 Å². The van der Waals surface area contributed by atoms with E-state index in [1.165, 1.54) is 19.1 Å². The van der Waals surface area contributed by atoms with E-state index in [2.05, 4.69) is 18.2 Å². The number of carbonyl (C=O) groups is 1. The Balaban J connectivity index is 1.91. The molecule has 0 N–H and O–H groups in total. The molecule has 0 amide bonds. The maximum Gasteiger partial charge on any atom is 0.335 e. The topological polar surface area (TPSA) is 35.5 Å². The molecule has 1 aromatic rings. The lowest BCUT2D eigenvalue weighted by molar-refractivity contribution is -0.164. The van der Waals surface area contributed by atoms with Crippen molar-refractivity contribution in [2.75, 3.05) is 7.11 Å². The van der Waals surface area contributed by atoms with Crippen molar-refractivity contribution >= 4 is 5.97 Å². The highest BCUT2D eigenvalue weighted by atomic mass is 16.6. The normalized spacial score (nSPS) is 29.2. The predicted molar refractivity (Wildman–Crippen MR) is 76.1 cm³/mol. The highest BCUT2D eigenvalue weighted by Crippen LogP contribution is 2.44. The minimum absolute atomic E-state index is 0.0272. The van der Waals surface area contributed by atoms with Gasteiger partial charge < -0.3 is 9.47 Å². The molecule has 2 aliphatic rings. The fourth-order valence-electron chi connectivity index (χ4n) is 3.30. The Kier molecular flexibility index (Phi) is 3.88. The van der Waals surface area contributed by atoms with Crippen LogP contribution in [0.2, 0.25) is 0 Å². The lowest BCUT2D eigenvalue weighted by Crippen LogP contribution is -2.37. The molecule has 20 heavy (non-hydrogen) atoms. The van der Waals surface area contributed by atoms with Crippen LogP contribution in [0.5, 0.6) is 0 Å². The molecule has 1 saturated heterocycles. The van der Waals surface area contributed by atoms with Gasteiger partial charge in [0, 0.05) is 12.3 Å². The van der Waals surface area contributed by atoms with Gasteiger partial charge in [0.25, 0.3) is 0 Å². The summed E-state index contributed by atoms with van der Waals surface area (Å²) in [7, 11) is 1.42. The number of fused-ring (bicyclic) bond motifs is 1. The van der Waals surface area contributed by atoms with E-state index in [1.807, 2.05) is 18.2 Å². The van der Waals surface area contributed by atoms with Crippen molar-refractivity contribution < 1.29 is 14.3 Å². The predicted octanol–water partition coefficient (Wildman–Crippen LogP) is 3.42. The molecule has 0 spiro atoms. The largest absolute Gasteiger partial charge is 0.467 e. The molecule has 0 aromatic heterocycles. The van der Waals surface area contributed by atoms with Gasteiger partial charge in [-0.1, -0.05) is 42.0 Å². The average molecular weight is 272 g/mol. The van der Waals surface area contributed by atoms with Crippen LogP contribution in [0.25, 0.3) is 0 Å². The molecule has 1 fully saturated rings. The first-order valence-electron chi connectivity index (χ1n) is 7.26. The van der Waals surface area contributed by atoms with E-state index in [0.29, 0.717) is 12.3 Å². The SMILES string of the molecule is COC(=O)[C@@H]1CC2=CCCC[C@H]2[C@H](c2ccccc2)O1. The third-order valence-electron chi connectivity index (χ3n) is 4.29. The van der Waals surface area contributed by atoms with E-state index in [1.54, 1.807) is 0 Å². The van der Waals surface area contributed by atoms with Crippen molar-refractivity contribution in [3.63, 3.8) is 0 Å². The number of benzene rings is 1. The van der Waals surface area contributed by atoms with E-state index < -0.39 is 6.10 Å². The summed E-state index contributed by atoms with van der Waals surface area (Å²) in [6.07, 6.45) is 5.93. The minimum Gasteiger partial charge on any atom is -0.467 e. The van der Waals surface area contributed by atoms with E-state index in [0.717, 1.165) is 18.4 Å². The Hall–Kier alpha value is -1.61. The highest BCUT2D eigenvalue weighted by molar-refractivity contribution is 5.75. The number of hydrogen-bond donors (Lipinski definition) is 0. The summed E-state index contributed by atoms with van der Waals surface area (Å²) in [6, 6.07) is 10.2. The maximum atomic E-state index is 11.8. The monoisotopic (exact) mass is 272 g/mol. The molecule has 1 heterocycles. The van der Waals surface area contributed by atoms with Crippen molar-refractivity contribution in [3.05, 3.63) is 47.5 Å². The second-order valence-electron chi connectivity index (χ2n) is 5.50. The highest BCUT2D eigenvalue weighted by Gasteiger charge is 2.39. The van der Waals surface area contributed by atoms with Crippen LogP contribution in [0.1, 0.15) is 37.4 Å². The lowest BCUT2D eigenvalue weighted by atomic mass is 9.77. The number of rotatable bonds is 2. The summed E-state index contributed by atoms with van der Waals surface area (Å²) < 4.78 is 10.9. The Morgan fingerprint density at radius 1 is 1.30 bits per heavy atom. The van der Waals surface area contributed by atoms with Crippen LogP contribution >= 0.6 is 0 Å². The summed E-state index contributed by atoms with van der Waals surface area (Å²) in [4.78, 5) is 11.8. The molecule has 3 nitrogen and oxygen atoms in total. The Labute approximate surface area is 119 Å². The van der Waals surface area contributed by atoms with Crippen LogP contribution in [-0.4, -0.2) is 19.2 Å². The van der Waals surface area contributed by atoms with Gasteiger partial charge in [0.2, 0.25) is 0 Å². The first-order chi connectivity index (χ1) is 9.79. The standard InChI is InChI=1S/C17H20O3/c1-19-17(18)15-11-13-9-5-6-10-14(13)16(20-15)12-7-3-2-4-8-12/h2-4,7-9,14-16H,5-6,10-11H2,1H3/t14-,15+,16+/m1/s1. The van der Waals surface area contributed by atoms with Crippen LogP contribution in [-0.2, 0) is 14.3 Å². The van der Waals surface area contributed by atoms with Gasteiger partial charge in [-0.2, -0.15) is 0 Å². The van der Waals surface area contributed by atoms with Gasteiger partial charge in [0.15, 0.2) is 6.10 Å². The number of ether oxygens (including phenoxy) is 2. The zero-order valence-corrected chi connectivity index (χ0v) is 11.7. The lowest BCUT2D eigenvalue weighted by Gasteiger charge is -2.39. The van der Waals surface area contributed by atoms with Gasteiger partial charge in [-0.15, -0.1) is 0 Å². The summed E-state index contributed by atoms with van der Waals surface area (Å²) >= 11 is 0. The van der Waals surface area contributed by atoms with Crippen LogP contribution in [0.4, 0.5) is 0 Å². The van der Waals surface area contributed by atoms with E-state index in [9.17, 15) is 4.79 Å². The van der Waals surface area contributed by atoms with E-state index in [-0.39, 0.29) is 12.1 Å². The molecular weight excluding hydrogens is 252 g/mol. The third-order valence-corrected chi connectivity index (χ3v) is 4.29. The molecule has 0 radical (unpaired) electrons. The number of carbonyl (C=O) groups excluding carboxylic acids is 1. The molecule has 0 bridgehead atoms. The van der Waals surface area contributed by atoms with Crippen LogP contribution in [0, 0.1) is 5.92 Å². The molecule has 0 unspecified atom stereocenters. The minimum atomic E-state index is -0.467. The molecule has 1 aliphatic carbocycles. The van der Waals surface area contributed by atoms with Crippen molar-refractivity contribution in [3.8, 4) is 0 Å². The van der Waals surface area contributed by atoms with Crippen molar-refractivity contribution in [2.24, 2.45) is 5.92 Å². The van der Waals surface area contributed by atoms with Gasteiger partial charge >= 0.3 is 5.97 Å². The quantitative estimate of drug-likeness (QED) is 0.611. The summed E-state index contributed by atoms with van der Waals surface area (Å²) in [6.45, 7) is 0. The van der Waals surface area contributed by atoms with Crippen molar-refractivity contribution in [2.45, 2.75) is 37.9 Å². The Morgan fingerprint density at radius 2 is 2.10 bits per heavy atom. The molecule has 106 valence electrons. The van der Waals surface area contributed by atoms with Crippen LogP contribution in [0.3, 0.4) is 0 Å². The Morgan fingerprint density at radius 3 is 2.85 bits per heavy atom.